The van der Waals surface area contributed by atoms with E-state index in [1.54, 1.807) is 19.1 Å². The number of hydrogen-bond acceptors (Lipinski definition) is 5. The van der Waals surface area contributed by atoms with Crippen molar-refractivity contribution in [2.75, 3.05) is 0 Å². The maximum atomic E-state index is 12.4. The summed E-state index contributed by atoms with van der Waals surface area (Å²) in [6.07, 6.45) is 0. The molecule has 1 atom stereocenters. The predicted molar refractivity (Wildman–Crippen MR) is 97.3 cm³/mol. The zero-order valence-corrected chi connectivity index (χ0v) is 16.0. The number of hydrogen-bond donors (Lipinski definition) is 1. The highest BCUT2D eigenvalue weighted by Crippen LogP contribution is 2.21. The Morgan fingerprint density at radius 2 is 1.88 bits per heavy atom. The number of sulfonamides is 1. The third-order valence-corrected chi connectivity index (χ3v) is 5.63. The van der Waals surface area contributed by atoms with Gasteiger partial charge in [-0.1, -0.05) is 44.8 Å². The zero-order valence-electron chi connectivity index (χ0n) is 13.6. The van der Waals surface area contributed by atoms with E-state index in [1.807, 2.05) is 31.2 Å². The first-order chi connectivity index (χ1) is 11.8. The minimum Gasteiger partial charge on any atom is -0.337 e. The summed E-state index contributed by atoms with van der Waals surface area (Å²) in [5, 5.41) is 3.94. The molecule has 130 valence electrons. The van der Waals surface area contributed by atoms with E-state index in [0.717, 1.165) is 15.6 Å². The molecule has 0 aliphatic rings. The van der Waals surface area contributed by atoms with Gasteiger partial charge in [0.2, 0.25) is 21.7 Å². The molecule has 0 bridgehead atoms. The lowest BCUT2D eigenvalue weighted by atomic mass is 10.1. The summed E-state index contributed by atoms with van der Waals surface area (Å²) in [5.74, 6) is 0.630. The van der Waals surface area contributed by atoms with Crippen molar-refractivity contribution in [1.29, 1.82) is 0 Å². The molecule has 1 aromatic heterocycles. The van der Waals surface area contributed by atoms with Crippen LogP contribution < -0.4 is 4.72 Å². The van der Waals surface area contributed by atoms with Gasteiger partial charge < -0.3 is 4.52 Å². The molecule has 0 fully saturated rings. The molecule has 3 rings (SSSR count). The van der Waals surface area contributed by atoms with Crippen LogP contribution in [0, 0.1) is 6.92 Å². The molecule has 1 unspecified atom stereocenters. The molecule has 3 aromatic rings. The van der Waals surface area contributed by atoms with Crippen molar-refractivity contribution in [3.63, 3.8) is 0 Å². The predicted octanol–water partition coefficient (Wildman–Crippen LogP) is 3.85. The molecule has 1 heterocycles. The van der Waals surface area contributed by atoms with Crippen LogP contribution in [0.25, 0.3) is 11.4 Å². The van der Waals surface area contributed by atoms with Crippen LogP contribution in [0.5, 0.6) is 0 Å². The van der Waals surface area contributed by atoms with Gasteiger partial charge in [0.25, 0.3) is 0 Å². The number of aromatic nitrogens is 2. The van der Waals surface area contributed by atoms with E-state index in [9.17, 15) is 8.42 Å². The van der Waals surface area contributed by atoms with Gasteiger partial charge in [-0.2, -0.15) is 9.71 Å². The molecule has 2 aromatic carbocycles. The molecule has 0 radical (unpaired) electrons. The van der Waals surface area contributed by atoms with E-state index in [4.69, 9.17) is 4.52 Å². The first kappa shape index (κ1) is 17.8. The van der Waals surface area contributed by atoms with Crippen molar-refractivity contribution < 1.29 is 12.9 Å². The van der Waals surface area contributed by atoms with Gasteiger partial charge in [0, 0.05) is 10.0 Å². The number of benzene rings is 2. The number of nitrogens with zero attached hydrogens (tertiary/aromatic N) is 2. The van der Waals surface area contributed by atoms with Crippen LogP contribution in [-0.4, -0.2) is 18.6 Å². The zero-order chi connectivity index (χ0) is 18.0. The minimum atomic E-state index is -3.69. The van der Waals surface area contributed by atoms with Crippen LogP contribution in [0.3, 0.4) is 0 Å². The highest BCUT2D eigenvalue weighted by Gasteiger charge is 2.22. The third kappa shape index (κ3) is 4.15. The minimum absolute atomic E-state index is 0.168. The van der Waals surface area contributed by atoms with Crippen molar-refractivity contribution in [3.05, 3.63) is 64.5 Å². The van der Waals surface area contributed by atoms with Crippen molar-refractivity contribution in [3.8, 4) is 11.4 Å². The molecule has 8 heteroatoms. The molecular formula is C17H16BrN3O3S. The summed E-state index contributed by atoms with van der Waals surface area (Å²) in [6, 6.07) is 13.4. The van der Waals surface area contributed by atoms with Crippen LogP contribution in [-0.2, 0) is 10.0 Å². The van der Waals surface area contributed by atoms with Crippen molar-refractivity contribution in [2.45, 2.75) is 24.8 Å². The summed E-state index contributed by atoms with van der Waals surface area (Å²) in [5.41, 5.74) is 1.89. The Labute approximate surface area is 154 Å². The summed E-state index contributed by atoms with van der Waals surface area (Å²) >= 11 is 3.28. The van der Waals surface area contributed by atoms with Gasteiger partial charge >= 0.3 is 0 Å². The Morgan fingerprint density at radius 1 is 1.16 bits per heavy atom. The molecule has 25 heavy (non-hydrogen) atoms. The molecule has 0 aliphatic carbocycles. The topological polar surface area (TPSA) is 85.1 Å². The second kappa shape index (κ2) is 7.07. The van der Waals surface area contributed by atoms with Crippen LogP contribution in [0.4, 0.5) is 0 Å². The van der Waals surface area contributed by atoms with E-state index in [1.165, 1.54) is 12.1 Å². The Morgan fingerprint density at radius 3 is 2.56 bits per heavy atom. The van der Waals surface area contributed by atoms with E-state index in [0.29, 0.717) is 5.82 Å². The fraction of sp³-hybridized carbons (Fsp3) is 0.176. The van der Waals surface area contributed by atoms with Crippen molar-refractivity contribution in [1.82, 2.24) is 14.9 Å². The van der Waals surface area contributed by atoms with E-state index >= 15 is 0 Å². The van der Waals surface area contributed by atoms with Crippen LogP contribution in [0.1, 0.15) is 24.4 Å². The molecule has 0 saturated carbocycles. The van der Waals surface area contributed by atoms with Gasteiger partial charge in [-0.05, 0) is 44.2 Å². The average molecular weight is 422 g/mol. The number of aryl methyl sites for hydroxylation is 1. The summed E-state index contributed by atoms with van der Waals surface area (Å²) in [6.45, 7) is 3.63. The lowest BCUT2D eigenvalue weighted by Crippen LogP contribution is -2.27. The second-order valence-electron chi connectivity index (χ2n) is 5.62. The molecule has 0 aliphatic heterocycles. The lowest BCUT2D eigenvalue weighted by molar-refractivity contribution is 0.354. The molecule has 1 N–H and O–H groups in total. The first-order valence-corrected chi connectivity index (χ1v) is 9.81. The molecular weight excluding hydrogens is 406 g/mol. The molecule has 0 amide bonds. The Balaban J connectivity index is 1.80. The largest absolute Gasteiger partial charge is 0.337 e. The molecule has 0 spiro atoms. The second-order valence-corrected chi connectivity index (χ2v) is 8.25. The Kier molecular flexibility index (Phi) is 5.03. The summed E-state index contributed by atoms with van der Waals surface area (Å²) in [4.78, 5) is 4.47. The van der Waals surface area contributed by atoms with E-state index in [2.05, 4.69) is 30.8 Å². The highest BCUT2D eigenvalue weighted by molar-refractivity contribution is 9.10. The average Bonchev–Trinajstić information content (AvgIpc) is 3.05. The van der Waals surface area contributed by atoms with E-state index in [-0.39, 0.29) is 10.8 Å². The number of nitrogens with one attached hydrogen (secondary N) is 1. The molecule has 6 nitrogen and oxygen atoms in total. The Hall–Kier alpha value is -2.03. The number of halogens is 1. The van der Waals surface area contributed by atoms with E-state index < -0.39 is 16.1 Å². The fourth-order valence-corrected chi connectivity index (χ4v) is 3.74. The van der Waals surface area contributed by atoms with Gasteiger partial charge in [-0.3, -0.25) is 0 Å². The van der Waals surface area contributed by atoms with Crippen LogP contribution >= 0.6 is 15.9 Å². The van der Waals surface area contributed by atoms with Gasteiger partial charge in [0.05, 0.1) is 10.9 Å². The monoisotopic (exact) mass is 421 g/mol. The van der Waals surface area contributed by atoms with Crippen molar-refractivity contribution >= 4 is 26.0 Å². The quantitative estimate of drug-likeness (QED) is 0.675. The maximum absolute atomic E-state index is 12.4. The standard InChI is InChI=1S/C17H16BrN3O3S/c1-11-4-3-5-13(10-11)16-19-17(24-20-16)12(2)21-25(22,23)15-8-6-14(18)7-9-15/h3-10,12,21H,1-2H3. The fourth-order valence-electron chi connectivity index (χ4n) is 2.28. The summed E-state index contributed by atoms with van der Waals surface area (Å²) in [7, 11) is -3.69. The van der Waals surface area contributed by atoms with Crippen LogP contribution in [0.2, 0.25) is 0 Å². The summed E-state index contributed by atoms with van der Waals surface area (Å²) < 4.78 is 33.4. The molecule has 0 saturated heterocycles. The van der Waals surface area contributed by atoms with Gasteiger partial charge in [0.1, 0.15) is 0 Å². The number of rotatable bonds is 5. The van der Waals surface area contributed by atoms with Crippen molar-refractivity contribution in [2.24, 2.45) is 0 Å². The van der Waals surface area contributed by atoms with Crippen LogP contribution in [0.15, 0.2) is 62.4 Å². The first-order valence-electron chi connectivity index (χ1n) is 7.54. The SMILES string of the molecule is Cc1cccc(-c2noc(C(C)NS(=O)(=O)c3ccc(Br)cc3)n2)c1. The highest BCUT2D eigenvalue weighted by atomic mass is 79.9. The smallest absolute Gasteiger partial charge is 0.244 e. The Bertz CT molecular complexity index is 984. The lowest BCUT2D eigenvalue weighted by Gasteiger charge is -2.10. The van der Waals surface area contributed by atoms with Gasteiger partial charge in [-0.25, -0.2) is 8.42 Å². The van der Waals surface area contributed by atoms with Gasteiger partial charge in [-0.15, -0.1) is 0 Å². The van der Waals surface area contributed by atoms with Gasteiger partial charge in [0.15, 0.2) is 0 Å². The maximum Gasteiger partial charge on any atom is 0.244 e. The normalized spacial score (nSPS) is 12.9. The third-order valence-electron chi connectivity index (χ3n) is 3.54.